The minimum absolute atomic E-state index is 0.127. The summed E-state index contributed by atoms with van der Waals surface area (Å²) in [5.41, 5.74) is 3.16. The highest BCUT2D eigenvalue weighted by Gasteiger charge is 2.12. The molecule has 1 N–H and O–H groups in total. The highest BCUT2D eigenvalue weighted by molar-refractivity contribution is 6.33. The van der Waals surface area contributed by atoms with Crippen molar-refractivity contribution in [3.05, 3.63) is 63.5 Å². The molecule has 1 heterocycles. The summed E-state index contributed by atoms with van der Waals surface area (Å²) < 4.78 is 3.20. The predicted octanol–water partition coefficient (Wildman–Crippen LogP) is 3.33. The van der Waals surface area contributed by atoms with Crippen LogP contribution in [-0.2, 0) is 18.4 Å². The van der Waals surface area contributed by atoms with Crippen LogP contribution in [0.3, 0.4) is 0 Å². The molecule has 0 aliphatic carbocycles. The lowest BCUT2D eigenvalue weighted by atomic mass is 10.2. The van der Waals surface area contributed by atoms with E-state index in [9.17, 15) is 9.59 Å². The van der Waals surface area contributed by atoms with Crippen molar-refractivity contribution in [3.8, 4) is 0 Å². The second-order valence-electron chi connectivity index (χ2n) is 5.76. The van der Waals surface area contributed by atoms with Gasteiger partial charge in [-0.2, -0.15) is 0 Å². The number of imidazole rings is 1. The van der Waals surface area contributed by atoms with E-state index < -0.39 is 0 Å². The van der Waals surface area contributed by atoms with Gasteiger partial charge in [0.1, 0.15) is 0 Å². The number of nitrogens with one attached hydrogen (secondary N) is 1. The van der Waals surface area contributed by atoms with Crippen molar-refractivity contribution >= 4 is 34.2 Å². The average molecular weight is 344 g/mol. The number of rotatable bonds is 4. The summed E-state index contributed by atoms with van der Waals surface area (Å²) in [5, 5.41) is 3.29. The number of fused-ring (bicyclic) bond motifs is 1. The van der Waals surface area contributed by atoms with E-state index in [1.54, 1.807) is 28.3 Å². The number of nitrogens with zero attached hydrogens (tertiary/aromatic N) is 2. The van der Waals surface area contributed by atoms with Crippen molar-refractivity contribution in [2.45, 2.75) is 19.9 Å². The Hall–Kier alpha value is -2.53. The van der Waals surface area contributed by atoms with E-state index in [0.717, 1.165) is 16.6 Å². The van der Waals surface area contributed by atoms with Gasteiger partial charge in [-0.25, -0.2) is 4.79 Å². The van der Waals surface area contributed by atoms with Gasteiger partial charge in [-0.3, -0.25) is 13.9 Å². The monoisotopic (exact) mass is 343 g/mol. The number of carbonyl (C=O) groups excluding carboxylic acids is 1. The van der Waals surface area contributed by atoms with E-state index in [4.69, 9.17) is 11.6 Å². The lowest BCUT2D eigenvalue weighted by Crippen LogP contribution is -2.24. The molecule has 124 valence electrons. The van der Waals surface area contributed by atoms with Crippen LogP contribution in [0.2, 0.25) is 5.02 Å². The summed E-state index contributed by atoms with van der Waals surface area (Å²) >= 11 is 6.12. The zero-order valence-electron chi connectivity index (χ0n) is 13.5. The third kappa shape index (κ3) is 3.08. The Morgan fingerprint density at radius 2 is 1.88 bits per heavy atom. The molecule has 6 heteroatoms. The molecule has 0 atom stereocenters. The lowest BCUT2D eigenvalue weighted by molar-refractivity contribution is -0.116. The number of hydrogen-bond donors (Lipinski definition) is 1. The molecule has 24 heavy (non-hydrogen) atoms. The van der Waals surface area contributed by atoms with Crippen LogP contribution in [0, 0.1) is 6.92 Å². The van der Waals surface area contributed by atoms with Gasteiger partial charge in [-0.15, -0.1) is 0 Å². The van der Waals surface area contributed by atoms with Crippen molar-refractivity contribution < 1.29 is 4.79 Å². The minimum atomic E-state index is -0.180. The number of anilines is 1. The van der Waals surface area contributed by atoms with Crippen LogP contribution in [0.1, 0.15) is 12.0 Å². The van der Waals surface area contributed by atoms with E-state index in [-0.39, 0.29) is 18.0 Å². The minimum Gasteiger partial charge on any atom is -0.325 e. The Morgan fingerprint density at radius 3 is 2.58 bits per heavy atom. The largest absolute Gasteiger partial charge is 0.328 e. The molecule has 0 saturated heterocycles. The van der Waals surface area contributed by atoms with E-state index in [2.05, 4.69) is 5.32 Å². The SMILES string of the molecule is Cc1ccc(NC(=O)CCn2c(=O)n(C)c3ccccc32)c(Cl)c1. The van der Waals surface area contributed by atoms with Gasteiger partial charge in [0, 0.05) is 20.0 Å². The molecule has 0 saturated carbocycles. The molecule has 0 bridgehead atoms. The molecular formula is C18H18ClN3O2. The van der Waals surface area contributed by atoms with Crippen molar-refractivity contribution in [3.63, 3.8) is 0 Å². The lowest BCUT2D eigenvalue weighted by Gasteiger charge is -2.08. The Kier molecular flexibility index (Phi) is 4.44. The number of aryl methyl sites for hydroxylation is 3. The molecule has 1 aromatic heterocycles. The van der Waals surface area contributed by atoms with Crippen molar-refractivity contribution in [2.75, 3.05) is 5.32 Å². The molecule has 0 spiro atoms. The fourth-order valence-corrected chi connectivity index (χ4v) is 3.01. The molecule has 0 radical (unpaired) electrons. The topological polar surface area (TPSA) is 56.0 Å². The maximum atomic E-state index is 12.3. The third-order valence-electron chi connectivity index (χ3n) is 4.01. The second kappa shape index (κ2) is 6.53. The Balaban J connectivity index is 1.75. The quantitative estimate of drug-likeness (QED) is 0.790. The fraction of sp³-hybridized carbons (Fsp3) is 0.222. The summed E-state index contributed by atoms with van der Waals surface area (Å²) in [4.78, 5) is 24.5. The van der Waals surface area contributed by atoms with Crippen LogP contribution in [0.5, 0.6) is 0 Å². The van der Waals surface area contributed by atoms with Gasteiger partial charge in [0.05, 0.1) is 21.7 Å². The van der Waals surface area contributed by atoms with Crippen LogP contribution in [0.15, 0.2) is 47.3 Å². The fourth-order valence-electron chi connectivity index (χ4n) is 2.73. The van der Waals surface area contributed by atoms with E-state index >= 15 is 0 Å². The number of amides is 1. The molecule has 1 amide bonds. The summed E-state index contributed by atoms with van der Waals surface area (Å²) in [6, 6.07) is 13.0. The van der Waals surface area contributed by atoms with Gasteiger partial charge in [0.15, 0.2) is 0 Å². The first-order valence-electron chi connectivity index (χ1n) is 7.67. The number of aromatic nitrogens is 2. The number of benzene rings is 2. The molecule has 3 aromatic rings. The molecule has 2 aromatic carbocycles. The summed E-state index contributed by atoms with van der Waals surface area (Å²) in [6.07, 6.45) is 0.193. The average Bonchev–Trinajstić information content (AvgIpc) is 2.80. The highest BCUT2D eigenvalue weighted by Crippen LogP contribution is 2.22. The van der Waals surface area contributed by atoms with Crippen LogP contribution >= 0.6 is 11.6 Å². The van der Waals surface area contributed by atoms with Gasteiger partial charge in [0.2, 0.25) is 5.91 Å². The highest BCUT2D eigenvalue weighted by atomic mass is 35.5. The van der Waals surface area contributed by atoms with Crippen LogP contribution in [-0.4, -0.2) is 15.0 Å². The van der Waals surface area contributed by atoms with Crippen LogP contribution < -0.4 is 11.0 Å². The molecule has 5 nitrogen and oxygen atoms in total. The standard InChI is InChI=1S/C18H18ClN3O2/c1-12-7-8-14(13(19)11-12)20-17(23)9-10-22-16-6-4-3-5-15(16)21(2)18(22)24/h3-8,11H,9-10H2,1-2H3,(H,20,23). The molecule has 0 aliphatic heterocycles. The third-order valence-corrected chi connectivity index (χ3v) is 4.33. The molecule has 0 aliphatic rings. The zero-order valence-corrected chi connectivity index (χ0v) is 14.3. The van der Waals surface area contributed by atoms with Gasteiger partial charge in [0.25, 0.3) is 0 Å². The number of para-hydroxylation sites is 2. The molecule has 0 unspecified atom stereocenters. The first-order valence-corrected chi connectivity index (χ1v) is 8.05. The van der Waals surface area contributed by atoms with Crippen molar-refractivity contribution in [2.24, 2.45) is 7.05 Å². The first-order chi connectivity index (χ1) is 11.5. The first kappa shape index (κ1) is 16.3. The number of halogens is 1. The van der Waals surface area contributed by atoms with E-state index in [1.165, 1.54) is 0 Å². The van der Waals surface area contributed by atoms with Crippen molar-refractivity contribution in [1.29, 1.82) is 0 Å². The summed E-state index contributed by atoms with van der Waals surface area (Å²) in [7, 11) is 1.73. The van der Waals surface area contributed by atoms with Gasteiger partial charge >= 0.3 is 5.69 Å². The second-order valence-corrected chi connectivity index (χ2v) is 6.17. The van der Waals surface area contributed by atoms with E-state index in [0.29, 0.717) is 17.3 Å². The Labute approximate surface area is 144 Å². The van der Waals surface area contributed by atoms with Crippen LogP contribution in [0.25, 0.3) is 11.0 Å². The molecular weight excluding hydrogens is 326 g/mol. The maximum absolute atomic E-state index is 12.3. The van der Waals surface area contributed by atoms with Crippen molar-refractivity contribution in [1.82, 2.24) is 9.13 Å². The smallest absolute Gasteiger partial charge is 0.325 e. The molecule has 0 fully saturated rings. The normalized spacial score (nSPS) is 11.0. The predicted molar refractivity (Wildman–Crippen MR) is 96.6 cm³/mol. The van der Waals surface area contributed by atoms with Gasteiger partial charge in [-0.05, 0) is 36.8 Å². The van der Waals surface area contributed by atoms with Gasteiger partial charge < -0.3 is 5.32 Å². The summed E-state index contributed by atoms with van der Waals surface area (Å²) in [5.74, 6) is -0.180. The number of carbonyl (C=O) groups is 1. The number of hydrogen-bond acceptors (Lipinski definition) is 2. The Morgan fingerprint density at radius 1 is 1.17 bits per heavy atom. The summed E-state index contributed by atoms with van der Waals surface area (Å²) in [6.45, 7) is 2.25. The van der Waals surface area contributed by atoms with Crippen LogP contribution in [0.4, 0.5) is 5.69 Å². The molecule has 3 rings (SSSR count). The van der Waals surface area contributed by atoms with E-state index in [1.807, 2.05) is 37.3 Å². The maximum Gasteiger partial charge on any atom is 0.328 e. The van der Waals surface area contributed by atoms with Gasteiger partial charge in [-0.1, -0.05) is 29.8 Å². The Bertz CT molecular complexity index is 972. The zero-order chi connectivity index (χ0) is 17.3.